The van der Waals surface area contributed by atoms with Gasteiger partial charge in [-0.1, -0.05) is 17.3 Å². The van der Waals surface area contributed by atoms with E-state index in [1.54, 1.807) is 0 Å². The third-order valence-corrected chi connectivity index (χ3v) is 2.05. The summed E-state index contributed by atoms with van der Waals surface area (Å²) < 4.78 is 0. The van der Waals surface area contributed by atoms with Crippen molar-refractivity contribution in [2.45, 2.75) is 6.42 Å². The molecule has 0 aromatic carbocycles. The zero-order valence-electron chi connectivity index (χ0n) is 6.65. The number of nitrogens with zero attached hydrogens (tertiary/aromatic N) is 1. The maximum absolute atomic E-state index is 10.4. The molecule has 0 spiro atoms. The van der Waals surface area contributed by atoms with Crippen LogP contribution in [-0.4, -0.2) is 27.8 Å². The third-order valence-electron chi connectivity index (χ3n) is 1.15. The monoisotopic (exact) mass is 197 g/mol. The largest absolute Gasteiger partial charge is 0.477 e. The van der Waals surface area contributed by atoms with Gasteiger partial charge in [0.25, 0.3) is 0 Å². The lowest BCUT2D eigenvalue weighted by atomic mass is 10.4. The van der Waals surface area contributed by atoms with Gasteiger partial charge >= 0.3 is 5.97 Å². The van der Waals surface area contributed by atoms with Crippen molar-refractivity contribution in [3.63, 3.8) is 0 Å². The fraction of sp³-hybridized carbons (Fsp3) is 0.250. The van der Waals surface area contributed by atoms with E-state index in [1.165, 1.54) is 6.20 Å². The van der Waals surface area contributed by atoms with Crippen molar-refractivity contribution in [1.82, 2.24) is 4.98 Å². The number of hydrogen-bond donors (Lipinski definition) is 2. The van der Waals surface area contributed by atoms with Gasteiger partial charge in [0.2, 0.25) is 0 Å². The molecule has 0 radical (unpaired) electrons. The van der Waals surface area contributed by atoms with Crippen molar-refractivity contribution < 1.29 is 15.0 Å². The van der Waals surface area contributed by atoms with E-state index in [-0.39, 0.29) is 11.5 Å². The molecule has 0 aliphatic heterocycles. The quantitative estimate of drug-likeness (QED) is 0.680. The Morgan fingerprint density at radius 2 is 2.46 bits per heavy atom. The predicted octanol–water partition coefficient (Wildman–Crippen LogP) is 0.575. The Morgan fingerprint density at radius 3 is 3.00 bits per heavy atom. The molecule has 0 atom stereocenters. The number of carboxylic acid groups (broad SMARTS) is 1. The first-order chi connectivity index (χ1) is 6.24. The maximum atomic E-state index is 10.4. The van der Waals surface area contributed by atoms with Crippen molar-refractivity contribution in [2.75, 3.05) is 6.61 Å². The van der Waals surface area contributed by atoms with E-state index in [2.05, 4.69) is 16.8 Å². The van der Waals surface area contributed by atoms with Gasteiger partial charge in [-0.15, -0.1) is 0 Å². The van der Waals surface area contributed by atoms with Gasteiger partial charge in [0.1, 0.15) is 4.88 Å². The minimum absolute atomic E-state index is 0.00413. The van der Waals surface area contributed by atoms with Crippen molar-refractivity contribution in [3.8, 4) is 11.8 Å². The van der Waals surface area contributed by atoms with Crippen molar-refractivity contribution in [1.29, 1.82) is 0 Å². The van der Waals surface area contributed by atoms with E-state index in [9.17, 15) is 4.79 Å². The van der Waals surface area contributed by atoms with Gasteiger partial charge in [-0.3, -0.25) is 0 Å². The number of aromatic nitrogens is 1. The van der Waals surface area contributed by atoms with E-state index in [1.807, 2.05) is 0 Å². The van der Waals surface area contributed by atoms with E-state index in [0.717, 1.165) is 11.3 Å². The first-order valence-electron chi connectivity index (χ1n) is 3.53. The molecular formula is C8H7NO3S. The van der Waals surface area contributed by atoms with E-state index in [4.69, 9.17) is 10.2 Å². The molecule has 68 valence electrons. The second-order valence-electron chi connectivity index (χ2n) is 2.11. The predicted molar refractivity (Wildman–Crippen MR) is 47.7 cm³/mol. The zero-order valence-corrected chi connectivity index (χ0v) is 7.47. The van der Waals surface area contributed by atoms with E-state index < -0.39 is 5.97 Å². The highest BCUT2D eigenvalue weighted by Crippen LogP contribution is 2.10. The fourth-order valence-electron chi connectivity index (χ4n) is 0.625. The van der Waals surface area contributed by atoms with E-state index in [0.29, 0.717) is 11.4 Å². The molecule has 0 bridgehead atoms. The summed E-state index contributed by atoms with van der Waals surface area (Å²) in [7, 11) is 0. The summed E-state index contributed by atoms with van der Waals surface area (Å²) in [5.41, 5.74) is 0. The van der Waals surface area contributed by atoms with Gasteiger partial charge in [-0.05, 0) is 5.92 Å². The summed E-state index contributed by atoms with van der Waals surface area (Å²) in [6, 6.07) is 0. The molecule has 13 heavy (non-hydrogen) atoms. The number of aromatic carboxylic acids is 1. The summed E-state index contributed by atoms with van der Waals surface area (Å²) >= 11 is 1.03. The standard InChI is InChI=1S/C8H7NO3S/c10-4-2-1-3-7-9-5-6(13-7)8(11)12/h5,10H,2,4H2,(H,11,12). The molecule has 1 aromatic rings. The fourth-order valence-corrected chi connectivity index (χ4v) is 1.25. The molecule has 1 rings (SSSR count). The van der Waals surface area contributed by atoms with Crippen LogP contribution in [0.2, 0.25) is 0 Å². The molecule has 0 aliphatic rings. The zero-order chi connectivity index (χ0) is 9.68. The maximum Gasteiger partial charge on any atom is 0.347 e. The lowest BCUT2D eigenvalue weighted by molar-refractivity contribution is 0.0702. The molecule has 0 aliphatic carbocycles. The van der Waals surface area contributed by atoms with Crippen LogP contribution < -0.4 is 0 Å². The topological polar surface area (TPSA) is 70.4 Å². The highest BCUT2D eigenvalue weighted by molar-refractivity contribution is 7.14. The van der Waals surface area contributed by atoms with Crippen molar-refractivity contribution in [3.05, 3.63) is 16.1 Å². The molecule has 0 fully saturated rings. The van der Waals surface area contributed by atoms with Crippen molar-refractivity contribution in [2.24, 2.45) is 0 Å². The Morgan fingerprint density at radius 1 is 1.69 bits per heavy atom. The van der Waals surface area contributed by atoms with Crippen LogP contribution in [0.25, 0.3) is 0 Å². The minimum Gasteiger partial charge on any atom is -0.477 e. The van der Waals surface area contributed by atoms with Crippen LogP contribution in [0.3, 0.4) is 0 Å². The van der Waals surface area contributed by atoms with Gasteiger partial charge in [0, 0.05) is 6.42 Å². The Balaban J connectivity index is 2.71. The lowest BCUT2D eigenvalue weighted by Gasteiger charge is -1.79. The molecule has 1 heterocycles. The number of aliphatic hydroxyl groups excluding tert-OH is 1. The first kappa shape index (κ1) is 9.71. The lowest BCUT2D eigenvalue weighted by Crippen LogP contribution is -1.89. The number of carbonyl (C=O) groups is 1. The summed E-state index contributed by atoms with van der Waals surface area (Å²) in [4.78, 5) is 14.4. The number of carboxylic acids is 1. The molecule has 0 unspecified atom stereocenters. The van der Waals surface area contributed by atoms with Crippen LogP contribution in [0, 0.1) is 11.8 Å². The average molecular weight is 197 g/mol. The minimum atomic E-state index is -0.993. The molecule has 1 aromatic heterocycles. The van der Waals surface area contributed by atoms with Crippen molar-refractivity contribution >= 4 is 17.3 Å². The van der Waals surface area contributed by atoms with Crippen LogP contribution >= 0.6 is 11.3 Å². The number of thiazole rings is 1. The number of rotatable bonds is 2. The van der Waals surface area contributed by atoms with Gasteiger partial charge in [0.05, 0.1) is 12.8 Å². The summed E-state index contributed by atoms with van der Waals surface area (Å²) in [5.74, 6) is 4.32. The Labute approximate surface area is 78.9 Å². The number of hydrogen-bond acceptors (Lipinski definition) is 4. The molecule has 0 amide bonds. The van der Waals surface area contributed by atoms with Gasteiger partial charge in [-0.2, -0.15) is 0 Å². The molecular weight excluding hydrogens is 190 g/mol. The second-order valence-corrected chi connectivity index (χ2v) is 3.14. The Kier molecular flexibility index (Phi) is 3.43. The smallest absolute Gasteiger partial charge is 0.347 e. The van der Waals surface area contributed by atoms with Crippen LogP contribution in [0.4, 0.5) is 0 Å². The molecule has 4 nitrogen and oxygen atoms in total. The highest BCUT2D eigenvalue weighted by Gasteiger charge is 2.05. The van der Waals surface area contributed by atoms with Gasteiger partial charge in [0.15, 0.2) is 5.01 Å². The van der Waals surface area contributed by atoms with E-state index >= 15 is 0 Å². The third kappa shape index (κ3) is 2.86. The summed E-state index contributed by atoms with van der Waals surface area (Å²) in [5, 5.41) is 17.4. The Bertz CT molecular complexity index is 361. The summed E-state index contributed by atoms with van der Waals surface area (Å²) in [6.45, 7) is 0.00413. The molecule has 5 heteroatoms. The van der Waals surface area contributed by atoms with Crippen LogP contribution in [-0.2, 0) is 0 Å². The molecule has 2 N–H and O–H groups in total. The van der Waals surface area contributed by atoms with Crippen LogP contribution in [0.15, 0.2) is 6.20 Å². The Hall–Kier alpha value is -1.38. The SMILES string of the molecule is O=C(O)c1cnc(C#CCCO)s1. The van der Waals surface area contributed by atoms with Gasteiger partial charge < -0.3 is 10.2 Å². The highest BCUT2D eigenvalue weighted by atomic mass is 32.1. The first-order valence-corrected chi connectivity index (χ1v) is 4.34. The van der Waals surface area contributed by atoms with Crippen LogP contribution in [0.1, 0.15) is 21.1 Å². The second kappa shape index (κ2) is 4.60. The van der Waals surface area contributed by atoms with Gasteiger partial charge in [-0.25, -0.2) is 9.78 Å². The molecule has 0 saturated carbocycles. The number of aliphatic hydroxyl groups is 1. The molecule has 0 saturated heterocycles. The average Bonchev–Trinajstić information content (AvgIpc) is 2.53. The normalized spacial score (nSPS) is 9.00. The van der Waals surface area contributed by atoms with Crippen LogP contribution in [0.5, 0.6) is 0 Å². The summed E-state index contributed by atoms with van der Waals surface area (Å²) in [6.07, 6.45) is 1.65.